The van der Waals surface area contributed by atoms with E-state index in [1.807, 2.05) is 0 Å². The molecule has 1 heterocycles. The second-order valence-corrected chi connectivity index (χ2v) is 10.9. The van der Waals surface area contributed by atoms with Gasteiger partial charge >= 0.3 is 6.18 Å². The van der Waals surface area contributed by atoms with Crippen LogP contribution in [0.3, 0.4) is 0 Å². The molecule has 1 aliphatic rings. The predicted molar refractivity (Wildman–Crippen MR) is 105 cm³/mol. The Morgan fingerprint density at radius 2 is 1.59 bits per heavy atom. The van der Waals surface area contributed by atoms with E-state index in [2.05, 4.69) is 6.92 Å². The van der Waals surface area contributed by atoms with Crippen molar-refractivity contribution in [3.63, 3.8) is 0 Å². The number of alkyl halides is 3. The lowest BCUT2D eigenvalue weighted by Gasteiger charge is -2.31. The number of benzene rings is 1. The van der Waals surface area contributed by atoms with Crippen LogP contribution in [-0.2, 0) is 10.0 Å². The number of carbonyl (C=O) groups excluding carboxylic acids is 1. The van der Waals surface area contributed by atoms with Crippen LogP contribution in [-0.4, -0.2) is 55.9 Å². The third-order valence-electron chi connectivity index (χ3n) is 4.80. The summed E-state index contributed by atoms with van der Waals surface area (Å²) in [5.74, 6) is -0.295. The van der Waals surface area contributed by atoms with Crippen molar-refractivity contribution in [3.8, 4) is 0 Å². The molecule has 2 rings (SSSR count). The number of rotatable bonds is 5. The van der Waals surface area contributed by atoms with Gasteiger partial charge in [0.2, 0.25) is 10.0 Å². The molecule has 0 radical (unpaired) electrons. The van der Waals surface area contributed by atoms with Crippen molar-refractivity contribution in [3.05, 3.63) is 29.8 Å². The lowest BCUT2D eigenvalue weighted by atomic mass is 9.95. The van der Waals surface area contributed by atoms with Gasteiger partial charge in [0.15, 0.2) is 0 Å². The van der Waals surface area contributed by atoms with Gasteiger partial charge in [-0.3, -0.25) is 4.79 Å². The van der Waals surface area contributed by atoms with Crippen LogP contribution in [0.5, 0.6) is 0 Å². The molecule has 1 aromatic rings. The van der Waals surface area contributed by atoms with Gasteiger partial charge in [0.25, 0.3) is 5.91 Å². The van der Waals surface area contributed by atoms with E-state index in [1.165, 1.54) is 28.6 Å². The average molecular weight is 435 g/mol. The van der Waals surface area contributed by atoms with Crippen LogP contribution in [0, 0.1) is 11.3 Å². The Hall–Kier alpha value is -1.61. The Bertz CT molecular complexity index is 791. The fourth-order valence-electron chi connectivity index (χ4n) is 3.31. The van der Waals surface area contributed by atoms with E-state index in [0.717, 1.165) is 17.7 Å². The van der Waals surface area contributed by atoms with Crippen molar-refractivity contribution in [1.29, 1.82) is 0 Å². The molecule has 0 aromatic heterocycles. The molecule has 0 atom stereocenters. The number of hydrogen-bond acceptors (Lipinski definition) is 3. The summed E-state index contributed by atoms with van der Waals surface area (Å²) in [5.41, 5.74) is -0.486. The number of amides is 1. The van der Waals surface area contributed by atoms with Gasteiger partial charge in [0.1, 0.15) is 6.54 Å². The molecular formula is C20H29F3N2O3S. The largest absolute Gasteiger partial charge is 0.406 e. The highest BCUT2D eigenvalue weighted by molar-refractivity contribution is 7.89. The first-order valence-electron chi connectivity index (χ1n) is 9.65. The van der Waals surface area contributed by atoms with Gasteiger partial charge in [-0.05, 0) is 48.4 Å². The monoisotopic (exact) mass is 434 g/mol. The standard InChI is InChI=1S/C20H29F3N2O3S/c1-15-9-11-25(12-10-15)29(27,28)17-7-5-16(6-8-17)18(26)24(13-19(2,3)4)14-20(21,22)23/h5-8,15H,9-14H2,1-4H3. The summed E-state index contributed by atoms with van der Waals surface area (Å²) >= 11 is 0. The van der Waals surface area contributed by atoms with Crippen LogP contribution >= 0.6 is 0 Å². The van der Waals surface area contributed by atoms with Crippen LogP contribution in [0.1, 0.15) is 50.9 Å². The second-order valence-electron chi connectivity index (χ2n) is 8.95. The number of hydrogen-bond donors (Lipinski definition) is 0. The van der Waals surface area contributed by atoms with E-state index in [9.17, 15) is 26.4 Å². The Morgan fingerprint density at radius 1 is 1.07 bits per heavy atom. The summed E-state index contributed by atoms with van der Waals surface area (Å²) in [6.07, 6.45) is -2.94. The third-order valence-corrected chi connectivity index (χ3v) is 6.72. The molecule has 0 N–H and O–H groups in total. The molecule has 9 heteroatoms. The summed E-state index contributed by atoms with van der Waals surface area (Å²) in [5, 5.41) is 0. The molecule has 0 aliphatic carbocycles. The predicted octanol–water partition coefficient (Wildman–Crippen LogP) is 4.16. The average Bonchev–Trinajstić information content (AvgIpc) is 2.58. The number of sulfonamides is 1. The van der Waals surface area contributed by atoms with Crippen molar-refractivity contribution in [2.45, 2.75) is 51.6 Å². The van der Waals surface area contributed by atoms with Crippen molar-refractivity contribution < 1.29 is 26.4 Å². The van der Waals surface area contributed by atoms with Gasteiger partial charge in [-0.2, -0.15) is 17.5 Å². The van der Waals surface area contributed by atoms with Crippen LogP contribution in [0.2, 0.25) is 0 Å². The summed E-state index contributed by atoms with van der Waals surface area (Å²) in [6.45, 7) is 6.78. The quantitative estimate of drug-likeness (QED) is 0.699. The normalized spacial score (nSPS) is 17.3. The summed E-state index contributed by atoms with van der Waals surface area (Å²) < 4.78 is 65.7. The van der Waals surface area contributed by atoms with Crippen LogP contribution in [0.25, 0.3) is 0 Å². The highest BCUT2D eigenvalue weighted by atomic mass is 32.2. The highest BCUT2D eigenvalue weighted by Gasteiger charge is 2.35. The molecule has 0 spiro atoms. The maximum absolute atomic E-state index is 12.9. The molecule has 0 bridgehead atoms. The molecule has 29 heavy (non-hydrogen) atoms. The number of halogens is 3. The zero-order valence-corrected chi connectivity index (χ0v) is 18.1. The SMILES string of the molecule is CC1CCN(S(=O)(=O)c2ccc(C(=O)N(CC(C)(C)C)CC(F)(F)F)cc2)CC1. The van der Waals surface area contributed by atoms with Crippen LogP contribution in [0.15, 0.2) is 29.2 Å². The van der Waals surface area contributed by atoms with E-state index in [4.69, 9.17) is 0 Å². The molecule has 164 valence electrons. The lowest BCUT2D eigenvalue weighted by molar-refractivity contribution is -0.142. The van der Waals surface area contributed by atoms with Gasteiger partial charge in [0, 0.05) is 25.2 Å². The molecule has 1 aliphatic heterocycles. The first-order valence-corrected chi connectivity index (χ1v) is 11.1. The molecule has 1 saturated heterocycles. The minimum atomic E-state index is -4.52. The second kappa shape index (κ2) is 8.63. The first-order chi connectivity index (χ1) is 13.2. The lowest BCUT2D eigenvalue weighted by Crippen LogP contribution is -2.43. The Balaban J connectivity index is 2.21. The minimum Gasteiger partial charge on any atom is -0.329 e. The zero-order valence-electron chi connectivity index (χ0n) is 17.3. The Labute approximate surface area is 170 Å². The van der Waals surface area contributed by atoms with Crippen LogP contribution in [0.4, 0.5) is 13.2 Å². The summed E-state index contributed by atoms with van der Waals surface area (Å²) in [4.78, 5) is 13.5. The third kappa shape index (κ3) is 6.70. The maximum Gasteiger partial charge on any atom is 0.406 e. The van der Waals surface area contributed by atoms with Gasteiger partial charge in [-0.1, -0.05) is 27.7 Å². The summed E-state index contributed by atoms with van der Waals surface area (Å²) in [7, 11) is -3.68. The zero-order chi connectivity index (χ0) is 22.0. The van der Waals surface area contributed by atoms with E-state index < -0.39 is 34.1 Å². The Morgan fingerprint density at radius 3 is 2.03 bits per heavy atom. The highest BCUT2D eigenvalue weighted by Crippen LogP contribution is 2.26. The van der Waals surface area contributed by atoms with E-state index in [-0.39, 0.29) is 17.0 Å². The molecule has 1 aromatic carbocycles. The molecular weight excluding hydrogens is 405 g/mol. The molecule has 0 saturated carbocycles. The summed E-state index contributed by atoms with van der Waals surface area (Å²) in [6, 6.07) is 5.16. The van der Waals surface area contributed by atoms with Gasteiger partial charge in [-0.15, -0.1) is 0 Å². The first kappa shape index (κ1) is 23.7. The molecule has 1 amide bonds. The van der Waals surface area contributed by atoms with E-state index >= 15 is 0 Å². The number of nitrogens with zero attached hydrogens (tertiary/aromatic N) is 2. The molecule has 1 fully saturated rings. The van der Waals surface area contributed by atoms with E-state index in [0.29, 0.717) is 19.0 Å². The van der Waals surface area contributed by atoms with Crippen LogP contribution < -0.4 is 0 Å². The maximum atomic E-state index is 12.9. The van der Waals surface area contributed by atoms with E-state index in [1.54, 1.807) is 20.8 Å². The fraction of sp³-hybridized carbons (Fsp3) is 0.650. The molecule has 0 unspecified atom stereocenters. The van der Waals surface area contributed by atoms with Gasteiger partial charge in [-0.25, -0.2) is 8.42 Å². The number of piperidine rings is 1. The Kier molecular flexibility index (Phi) is 7.05. The van der Waals surface area contributed by atoms with Crippen molar-refractivity contribution >= 4 is 15.9 Å². The fourth-order valence-corrected chi connectivity index (χ4v) is 4.78. The van der Waals surface area contributed by atoms with Gasteiger partial charge in [0.05, 0.1) is 4.90 Å². The van der Waals surface area contributed by atoms with Crippen molar-refractivity contribution in [1.82, 2.24) is 9.21 Å². The molecule has 5 nitrogen and oxygen atoms in total. The van der Waals surface area contributed by atoms with Crippen molar-refractivity contribution in [2.24, 2.45) is 11.3 Å². The van der Waals surface area contributed by atoms with Crippen molar-refractivity contribution in [2.75, 3.05) is 26.2 Å². The minimum absolute atomic E-state index is 0.0321. The smallest absolute Gasteiger partial charge is 0.329 e. The topological polar surface area (TPSA) is 57.7 Å². The number of carbonyl (C=O) groups is 1. The van der Waals surface area contributed by atoms with Gasteiger partial charge < -0.3 is 4.90 Å².